The lowest BCUT2D eigenvalue weighted by Gasteiger charge is -2.26. The maximum Gasteiger partial charge on any atom is 0.152 e. The fourth-order valence-corrected chi connectivity index (χ4v) is 7.40. The number of thiophene rings is 1. The number of hydrogen-bond donors (Lipinski definition) is 1. The molecule has 0 atom stereocenters. The molecule has 1 fully saturated rings. The summed E-state index contributed by atoms with van der Waals surface area (Å²) in [5, 5.41) is 5.81. The van der Waals surface area contributed by atoms with E-state index in [1.165, 1.54) is 17.7 Å². The van der Waals surface area contributed by atoms with Gasteiger partial charge < -0.3 is 15.0 Å². The molecule has 1 aliphatic heterocycles. The lowest BCUT2D eigenvalue weighted by Crippen LogP contribution is -2.41. The number of anilines is 2. The summed E-state index contributed by atoms with van der Waals surface area (Å²) >= 11 is 8.12. The first-order valence-corrected chi connectivity index (χ1v) is 15.9. The molecule has 0 bridgehead atoms. The number of ether oxygens (including phenoxy) is 1. The van der Waals surface area contributed by atoms with Gasteiger partial charge in [0.25, 0.3) is 0 Å². The van der Waals surface area contributed by atoms with Gasteiger partial charge in [0.05, 0.1) is 21.9 Å². The van der Waals surface area contributed by atoms with E-state index in [9.17, 15) is 12.8 Å². The van der Waals surface area contributed by atoms with Crippen LogP contribution in [-0.4, -0.2) is 54.4 Å². The zero-order valence-electron chi connectivity index (χ0n) is 21.4. The molecular weight excluding hydrogens is 571 g/mol. The van der Waals surface area contributed by atoms with Crippen LogP contribution in [-0.2, 0) is 22.9 Å². The Kier molecular flexibility index (Phi) is 7.59. The molecule has 0 aliphatic carbocycles. The van der Waals surface area contributed by atoms with E-state index in [-0.39, 0.29) is 23.9 Å². The molecule has 2 aromatic heterocycles. The highest BCUT2D eigenvalue weighted by molar-refractivity contribution is 7.91. The zero-order chi connectivity index (χ0) is 27.7. The Morgan fingerprint density at radius 3 is 2.67 bits per heavy atom. The highest BCUT2D eigenvalue weighted by atomic mass is 35.5. The molecule has 3 aromatic carbocycles. The first-order valence-electron chi connectivity index (χ1n) is 12.9. The van der Waals surface area contributed by atoms with Crippen molar-refractivity contribution in [1.29, 1.82) is 0 Å². The Morgan fingerprint density at radius 2 is 1.88 bits per heavy atom. The van der Waals surface area contributed by atoms with Crippen molar-refractivity contribution in [3.05, 3.63) is 89.0 Å². The van der Waals surface area contributed by atoms with E-state index >= 15 is 0 Å². The van der Waals surface area contributed by atoms with Crippen LogP contribution in [0.2, 0.25) is 5.02 Å². The second kappa shape index (κ2) is 11.3. The largest absolute Gasteiger partial charge is 0.487 e. The van der Waals surface area contributed by atoms with Crippen molar-refractivity contribution in [2.24, 2.45) is 0 Å². The van der Waals surface area contributed by atoms with Crippen LogP contribution in [0.25, 0.3) is 20.3 Å². The Bertz CT molecular complexity index is 1800. The van der Waals surface area contributed by atoms with E-state index in [4.69, 9.17) is 16.3 Å². The van der Waals surface area contributed by atoms with Crippen molar-refractivity contribution >= 4 is 64.6 Å². The summed E-state index contributed by atoms with van der Waals surface area (Å²) in [5.41, 5.74) is 2.68. The van der Waals surface area contributed by atoms with E-state index < -0.39 is 9.84 Å². The topological polar surface area (TPSA) is 84.4 Å². The highest BCUT2D eigenvalue weighted by Gasteiger charge is 2.21. The van der Waals surface area contributed by atoms with Gasteiger partial charge >= 0.3 is 0 Å². The van der Waals surface area contributed by atoms with Gasteiger partial charge in [-0.15, -0.1) is 11.3 Å². The third-order valence-electron chi connectivity index (χ3n) is 6.97. The Balaban J connectivity index is 1.17. The van der Waals surface area contributed by atoms with Crippen LogP contribution in [0.4, 0.5) is 15.9 Å². The summed E-state index contributed by atoms with van der Waals surface area (Å²) in [6.07, 6.45) is 2.40. The van der Waals surface area contributed by atoms with E-state index in [0.29, 0.717) is 29.7 Å². The van der Waals surface area contributed by atoms with Gasteiger partial charge in [-0.2, -0.15) is 0 Å². The second-order valence-electron chi connectivity index (χ2n) is 9.77. The number of hydrogen-bond acceptors (Lipinski definition) is 8. The van der Waals surface area contributed by atoms with Crippen molar-refractivity contribution in [1.82, 2.24) is 14.9 Å². The first-order chi connectivity index (χ1) is 19.3. The van der Waals surface area contributed by atoms with Crippen LogP contribution in [0, 0.1) is 5.82 Å². The van der Waals surface area contributed by atoms with Crippen molar-refractivity contribution in [3.8, 4) is 5.75 Å². The molecule has 206 valence electrons. The number of sulfone groups is 1. The molecule has 40 heavy (non-hydrogen) atoms. The standard InChI is InChI=1S/C29H26ClFN4O3S2/c30-24-16-22(5-7-25(24)38-17-20-2-1-3-21(31)14-20)34-28-27-23-6-4-19(15-26(23)39-29(27)33-18-32-28)8-9-35-10-12-40(36,37)13-11-35/h1-7,14-16,18H,8-13,17H2,(H,32,33,34). The molecule has 0 amide bonds. The minimum Gasteiger partial charge on any atom is -0.487 e. The van der Waals surface area contributed by atoms with Gasteiger partial charge in [-0.1, -0.05) is 35.9 Å². The molecule has 7 nitrogen and oxygen atoms in total. The fourth-order valence-electron chi connectivity index (χ4n) is 4.78. The predicted octanol–water partition coefficient (Wildman–Crippen LogP) is 6.23. The molecule has 6 rings (SSSR count). The average molecular weight is 597 g/mol. The average Bonchev–Trinajstić information content (AvgIpc) is 3.31. The van der Waals surface area contributed by atoms with Crippen LogP contribution in [0.3, 0.4) is 0 Å². The number of halogens is 2. The number of fused-ring (bicyclic) bond motifs is 3. The molecule has 3 heterocycles. The summed E-state index contributed by atoms with van der Waals surface area (Å²) in [5.74, 6) is 1.36. The molecule has 0 unspecified atom stereocenters. The minimum absolute atomic E-state index is 0.208. The summed E-state index contributed by atoms with van der Waals surface area (Å²) < 4.78 is 43.8. The van der Waals surface area contributed by atoms with Crippen LogP contribution in [0.1, 0.15) is 11.1 Å². The smallest absolute Gasteiger partial charge is 0.152 e. The van der Waals surface area contributed by atoms with Gasteiger partial charge in [0, 0.05) is 35.4 Å². The number of rotatable bonds is 8. The maximum atomic E-state index is 13.4. The van der Waals surface area contributed by atoms with E-state index in [2.05, 4.69) is 38.4 Å². The summed E-state index contributed by atoms with van der Waals surface area (Å²) in [6.45, 7) is 2.24. The maximum absolute atomic E-state index is 13.4. The lowest BCUT2D eigenvalue weighted by atomic mass is 10.1. The molecule has 0 spiro atoms. The highest BCUT2D eigenvalue weighted by Crippen LogP contribution is 2.38. The third kappa shape index (κ3) is 6.05. The zero-order valence-corrected chi connectivity index (χ0v) is 23.8. The first kappa shape index (κ1) is 26.9. The SMILES string of the molecule is O=S1(=O)CCN(CCc2ccc3c(c2)sc2ncnc(Nc4ccc(OCc5cccc(F)c5)c(Cl)c4)c23)CC1. The minimum atomic E-state index is -2.87. The molecule has 1 saturated heterocycles. The molecule has 5 aromatic rings. The Hall–Kier alpha value is -3.31. The Labute approximate surface area is 240 Å². The molecule has 0 radical (unpaired) electrons. The fraction of sp³-hybridized carbons (Fsp3) is 0.241. The van der Waals surface area contributed by atoms with Gasteiger partial charge in [-0.05, 0) is 53.9 Å². The molecule has 1 aliphatic rings. The molecule has 1 N–H and O–H groups in total. The van der Waals surface area contributed by atoms with Gasteiger partial charge in [0.2, 0.25) is 0 Å². The number of nitrogens with one attached hydrogen (secondary N) is 1. The van der Waals surface area contributed by atoms with E-state index in [1.54, 1.807) is 41.9 Å². The quantitative estimate of drug-likeness (QED) is 0.227. The second-order valence-corrected chi connectivity index (χ2v) is 13.5. The van der Waals surface area contributed by atoms with Crippen LogP contribution in [0.15, 0.2) is 67.0 Å². The summed E-state index contributed by atoms with van der Waals surface area (Å²) in [6, 6.07) is 18.1. The van der Waals surface area contributed by atoms with Crippen molar-refractivity contribution in [2.45, 2.75) is 13.0 Å². The van der Waals surface area contributed by atoms with Gasteiger partial charge in [0.15, 0.2) is 9.84 Å². The normalized spacial score (nSPS) is 15.4. The number of nitrogens with zero attached hydrogens (tertiary/aromatic N) is 3. The van der Waals surface area contributed by atoms with Gasteiger partial charge in [0.1, 0.15) is 35.1 Å². The van der Waals surface area contributed by atoms with Crippen LogP contribution < -0.4 is 10.1 Å². The third-order valence-corrected chi connectivity index (χ3v) is 9.93. The van der Waals surface area contributed by atoms with Crippen molar-refractivity contribution in [3.63, 3.8) is 0 Å². The summed E-state index contributed by atoms with van der Waals surface area (Å²) in [7, 11) is -2.87. The molecular formula is C29H26ClFN4O3S2. The van der Waals surface area contributed by atoms with Crippen molar-refractivity contribution < 1.29 is 17.5 Å². The lowest BCUT2D eigenvalue weighted by molar-refractivity contribution is 0.299. The van der Waals surface area contributed by atoms with Crippen LogP contribution in [0.5, 0.6) is 5.75 Å². The monoisotopic (exact) mass is 596 g/mol. The van der Waals surface area contributed by atoms with E-state index in [0.717, 1.165) is 44.5 Å². The van der Waals surface area contributed by atoms with E-state index in [1.807, 2.05) is 6.07 Å². The summed E-state index contributed by atoms with van der Waals surface area (Å²) in [4.78, 5) is 12.1. The van der Waals surface area contributed by atoms with Gasteiger partial charge in [-0.25, -0.2) is 22.8 Å². The predicted molar refractivity (Wildman–Crippen MR) is 159 cm³/mol. The molecule has 11 heteroatoms. The number of benzene rings is 3. The number of aromatic nitrogens is 2. The van der Waals surface area contributed by atoms with Gasteiger partial charge in [-0.3, -0.25) is 0 Å². The van der Waals surface area contributed by atoms with Crippen molar-refractivity contribution in [2.75, 3.05) is 36.5 Å². The molecule has 0 saturated carbocycles. The van der Waals surface area contributed by atoms with Crippen LogP contribution >= 0.6 is 22.9 Å². The Morgan fingerprint density at radius 1 is 1.02 bits per heavy atom.